The Labute approximate surface area is 129 Å². The van der Waals surface area contributed by atoms with E-state index in [0.29, 0.717) is 28.7 Å². The number of fused-ring (bicyclic) bond motifs is 1. The van der Waals surface area contributed by atoms with Crippen molar-refractivity contribution in [3.63, 3.8) is 0 Å². The lowest BCUT2D eigenvalue weighted by Gasteiger charge is -2.44. The molecule has 0 amide bonds. The number of hydrogen-bond acceptors (Lipinski definition) is 3. The largest absolute Gasteiger partial charge is 0.506 e. The van der Waals surface area contributed by atoms with Gasteiger partial charge in [-0.3, -0.25) is 4.90 Å². The number of phenolic OH excluding ortho intramolecular Hbond substituents is 1. The molecule has 20 heavy (non-hydrogen) atoms. The number of nitrogens with zero attached hydrogens (tertiary/aromatic N) is 1. The molecule has 1 heterocycles. The molecule has 110 valence electrons. The summed E-state index contributed by atoms with van der Waals surface area (Å²) in [5, 5.41) is 11.0. The molecule has 2 atom stereocenters. The van der Waals surface area contributed by atoms with Crippen molar-refractivity contribution in [1.29, 1.82) is 0 Å². The van der Waals surface area contributed by atoms with Crippen LogP contribution in [0.25, 0.3) is 0 Å². The first-order chi connectivity index (χ1) is 9.65. The van der Waals surface area contributed by atoms with Crippen molar-refractivity contribution in [3.8, 4) is 5.75 Å². The molecular formula is C15H19Cl2NO2. The average Bonchev–Trinajstić information content (AvgIpc) is 2.44. The highest BCUT2D eigenvalue weighted by Crippen LogP contribution is 2.34. The summed E-state index contributed by atoms with van der Waals surface area (Å²) in [6.07, 6.45) is 5.16. The predicted octanol–water partition coefficient (Wildman–Crippen LogP) is 3.84. The highest BCUT2D eigenvalue weighted by atomic mass is 35.5. The second kappa shape index (κ2) is 6.10. The number of morpholine rings is 1. The lowest BCUT2D eigenvalue weighted by Crippen LogP contribution is -2.52. The van der Waals surface area contributed by atoms with Crippen LogP contribution >= 0.6 is 23.2 Å². The van der Waals surface area contributed by atoms with Crippen molar-refractivity contribution < 1.29 is 9.84 Å². The highest BCUT2D eigenvalue weighted by Gasteiger charge is 2.34. The fraction of sp³-hybridized carbons (Fsp3) is 0.600. The minimum atomic E-state index is 0.148. The molecule has 1 aliphatic carbocycles. The van der Waals surface area contributed by atoms with Crippen molar-refractivity contribution in [3.05, 3.63) is 27.7 Å². The monoisotopic (exact) mass is 315 g/mol. The fourth-order valence-electron chi connectivity index (χ4n) is 3.33. The van der Waals surface area contributed by atoms with E-state index < -0.39 is 0 Å². The van der Waals surface area contributed by atoms with Gasteiger partial charge in [-0.05, 0) is 25.0 Å². The van der Waals surface area contributed by atoms with Crippen molar-refractivity contribution in [1.82, 2.24) is 4.90 Å². The minimum absolute atomic E-state index is 0.148. The van der Waals surface area contributed by atoms with Crippen LogP contribution in [-0.2, 0) is 11.3 Å². The molecule has 2 unspecified atom stereocenters. The number of hydrogen-bond donors (Lipinski definition) is 1. The van der Waals surface area contributed by atoms with Gasteiger partial charge in [0.25, 0.3) is 0 Å². The molecule has 0 bridgehead atoms. The second-order valence-corrected chi connectivity index (χ2v) is 6.47. The topological polar surface area (TPSA) is 32.7 Å². The lowest BCUT2D eigenvalue weighted by atomic mass is 9.90. The molecule has 3 nitrogen and oxygen atoms in total. The van der Waals surface area contributed by atoms with Gasteiger partial charge >= 0.3 is 0 Å². The molecule has 2 aliphatic rings. The van der Waals surface area contributed by atoms with Crippen LogP contribution in [0, 0.1) is 0 Å². The summed E-state index contributed by atoms with van der Waals surface area (Å²) in [5.74, 6) is 0.148. The molecule has 2 fully saturated rings. The van der Waals surface area contributed by atoms with E-state index in [1.807, 2.05) is 0 Å². The van der Waals surface area contributed by atoms with Gasteiger partial charge in [-0.25, -0.2) is 0 Å². The number of ether oxygens (including phenoxy) is 1. The third-order valence-electron chi connectivity index (χ3n) is 4.33. The fourth-order valence-corrected chi connectivity index (χ4v) is 3.87. The summed E-state index contributed by atoms with van der Waals surface area (Å²) < 4.78 is 5.87. The minimum Gasteiger partial charge on any atom is -0.506 e. The first-order valence-electron chi connectivity index (χ1n) is 7.17. The molecule has 1 aromatic rings. The van der Waals surface area contributed by atoms with E-state index in [-0.39, 0.29) is 5.75 Å². The van der Waals surface area contributed by atoms with Crippen molar-refractivity contribution in [2.24, 2.45) is 0 Å². The van der Waals surface area contributed by atoms with Gasteiger partial charge in [0.15, 0.2) is 0 Å². The summed E-state index contributed by atoms with van der Waals surface area (Å²) in [7, 11) is 0. The molecule has 1 aromatic carbocycles. The van der Waals surface area contributed by atoms with Gasteiger partial charge in [0, 0.05) is 29.7 Å². The normalized spacial score (nSPS) is 27.3. The van der Waals surface area contributed by atoms with Gasteiger partial charge in [-0.1, -0.05) is 36.0 Å². The number of phenols is 1. The summed E-state index contributed by atoms with van der Waals surface area (Å²) in [4.78, 5) is 2.40. The molecule has 1 saturated heterocycles. The van der Waals surface area contributed by atoms with Crippen LogP contribution in [0.15, 0.2) is 12.1 Å². The highest BCUT2D eigenvalue weighted by molar-refractivity contribution is 6.35. The second-order valence-electron chi connectivity index (χ2n) is 5.63. The number of aromatic hydroxyl groups is 1. The van der Waals surface area contributed by atoms with Gasteiger partial charge in [0.05, 0.1) is 17.7 Å². The van der Waals surface area contributed by atoms with Crippen molar-refractivity contribution in [2.45, 2.75) is 44.4 Å². The summed E-state index contributed by atoms with van der Waals surface area (Å²) in [6, 6.07) is 3.83. The van der Waals surface area contributed by atoms with Gasteiger partial charge in [-0.15, -0.1) is 0 Å². The van der Waals surface area contributed by atoms with Crippen LogP contribution in [0.4, 0.5) is 0 Å². The van der Waals surface area contributed by atoms with Crippen molar-refractivity contribution in [2.75, 3.05) is 13.2 Å². The SMILES string of the molecule is Oc1c(Cl)cc(Cl)cc1CN1CCOC2CCCCC21. The Balaban J connectivity index is 1.79. The summed E-state index contributed by atoms with van der Waals surface area (Å²) in [6.45, 7) is 2.33. The van der Waals surface area contributed by atoms with E-state index >= 15 is 0 Å². The maximum atomic E-state index is 10.1. The number of rotatable bonds is 2. The number of halogens is 2. The zero-order valence-corrected chi connectivity index (χ0v) is 12.8. The molecule has 0 spiro atoms. The van der Waals surface area contributed by atoms with Crippen molar-refractivity contribution >= 4 is 23.2 Å². The van der Waals surface area contributed by atoms with E-state index in [1.54, 1.807) is 12.1 Å². The maximum absolute atomic E-state index is 10.1. The summed E-state index contributed by atoms with van der Waals surface area (Å²) in [5.41, 5.74) is 0.800. The van der Waals surface area contributed by atoms with Crippen LogP contribution < -0.4 is 0 Å². The third kappa shape index (κ3) is 2.91. The van der Waals surface area contributed by atoms with Gasteiger partial charge in [-0.2, -0.15) is 0 Å². The molecule has 1 saturated carbocycles. The molecule has 5 heteroatoms. The Morgan fingerprint density at radius 2 is 2.05 bits per heavy atom. The van der Waals surface area contributed by atoms with Crippen LogP contribution in [0.2, 0.25) is 10.0 Å². The van der Waals surface area contributed by atoms with E-state index in [9.17, 15) is 5.11 Å². The first-order valence-corrected chi connectivity index (χ1v) is 7.93. The van der Waals surface area contributed by atoms with Crippen LogP contribution in [-0.4, -0.2) is 35.3 Å². The summed E-state index contributed by atoms with van der Waals surface area (Å²) >= 11 is 12.0. The Hall–Kier alpha value is -0.480. The first kappa shape index (κ1) is 14.5. The van der Waals surface area contributed by atoms with Crippen LogP contribution in [0.1, 0.15) is 31.2 Å². The molecule has 1 N–H and O–H groups in total. The Morgan fingerprint density at radius 3 is 2.90 bits per heavy atom. The van der Waals surface area contributed by atoms with E-state index in [1.165, 1.54) is 19.3 Å². The van der Waals surface area contributed by atoms with Gasteiger partial charge in [0.2, 0.25) is 0 Å². The van der Waals surface area contributed by atoms with E-state index in [0.717, 1.165) is 25.1 Å². The van der Waals surface area contributed by atoms with Crippen LogP contribution in [0.3, 0.4) is 0 Å². The quantitative estimate of drug-likeness (QED) is 0.900. The standard InChI is InChI=1S/C15H19Cl2NO2/c16-11-7-10(15(19)12(17)8-11)9-18-5-6-20-14-4-2-1-3-13(14)18/h7-8,13-14,19H,1-6,9H2. The van der Waals surface area contributed by atoms with Gasteiger partial charge in [0.1, 0.15) is 5.75 Å². The molecule has 1 aliphatic heterocycles. The lowest BCUT2D eigenvalue weighted by molar-refractivity contribution is -0.0912. The molecule has 3 rings (SSSR count). The predicted molar refractivity (Wildman–Crippen MR) is 80.5 cm³/mol. The molecule has 0 radical (unpaired) electrons. The maximum Gasteiger partial charge on any atom is 0.138 e. The molecule has 0 aromatic heterocycles. The Bertz CT molecular complexity index is 493. The smallest absolute Gasteiger partial charge is 0.138 e. The van der Waals surface area contributed by atoms with Crippen LogP contribution in [0.5, 0.6) is 5.75 Å². The van der Waals surface area contributed by atoms with Gasteiger partial charge < -0.3 is 9.84 Å². The van der Waals surface area contributed by atoms with E-state index in [2.05, 4.69) is 4.90 Å². The third-order valence-corrected chi connectivity index (χ3v) is 4.83. The zero-order chi connectivity index (χ0) is 14.1. The van der Waals surface area contributed by atoms with E-state index in [4.69, 9.17) is 27.9 Å². The Kier molecular flexibility index (Phi) is 4.41. The molecular weight excluding hydrogens is 297 g/mol. The zero-order valence-electron chi connectivity index (χ0n) is 11.3. The number of benzene rings is 1. The average molecular weight is 316 g/mol. The Morgan fingerprint density at radius 1 is 1.25 bits per heavy atom.